The van der Waals surface area contributed by atoms with Crippen molar-refractivity contribution < 1.29 is 0 Å². The van der Waals surface area contributed by atoms with Crippen LogP contribution in [-0.2, 0) is 6.42 Å². The standard InChI is InChI=1S/C23H19Br/c1-16-6-8-17(9-7-16)10-11-18-12-13-22-20(14-18)15-19-4-2-3-5-21(19)23(22)24/h2-14,23H,15H2,1H3/b11-10-/t23-/m1/s1. The molecule has 0 bridgehead atoms. The maximum absolute atomic E-state index is 3.87. The molecule has 0 saturated heterocycles. The summed E-state index contributed by atoms with van der Waals surface area (Å²) in [5.74, 6) is 0. The molecule has 0 aliphatic heterocycles. The zero-order chi connectivity index (χ0) is 16.5. The number of fused-ring (bicyclic) bond motifs is 2. The fourth-order valence-electron chi connectivity index (χ4n) is 3.31. The lowest BCUT2D eigenvalue weighted by Gasteiger charge is -2.24. The highest BCUT2D eigenvalue weighted by Gasteiger charge is 2.22. The lowest BCUT2D eigenvalue weighted by Crippen LogP contribution is -2.09. The van der Waals surface area contributed by atoms with Gasteiger partial charge in [0.2, 0.25) is 0 Å². The van der Waals surface area contributed by atoms with Crippen molar-refractivity contribution in [2.24, 2.45) is 0 Å². The molecule has 24 heavy (non-hydrogen) atoms. The molecule has 0 amide bonds. The molecular weight excluding hydrogens is 356 g/mol. The Morgan fingerprint density at radius 1 is 0.792 bits per heavy atom. The molecule has 3 aromatic carbocycles. The van der Waals surface area contributed by atoms with Crippen molar-refractivity contribution in [3.63, 3.8) is 0 Å². The first-order valence-electron chi connectivity index (χ1n) is 8.30. The smallest absolute Gasteiger partial charge is 0.0650 e. The van der Waals surface area contributed by atoms with Gasteiger partial charge in [0.25, 0.3) is 0 Å². The van der Waals surface area contributed by atoms with E-state index in [4.69, 9.17) is 0 Å². The zero-order valence-corrected chi connectivity index (χ0v) is 15.3. The maximum atomic E-state index is 3.87. The van der Waals surface area contributed by atoms with Crippen molar-refractivity contribution in [1.29, 1.82) is 0 Å². The molecule has 0 aromatic heterocycles. The first kappa shape index (κ1) is 15.4. The van der Waals surface area contributed by atoms with E-state index in [1.807, 2.05) is 0 Å². The maximum Gasteiger partial charge on any atom is 0.0650 e. The van der Waals surface area contributed by atoms with Gasteiger partial charge in [-0.3, -0.25) is 0 Å². The summed E-state index contributed by atoms with van der Waals surface area (Å²) in [6.07, 6.45) is 5.40. The molecule has 1 aliphatic rings. The van der Waals surface area contributed by atoms with Gasteiger partial charge in [-0.1, -0.05) is 100 Å². The van der Waals surface area contributed by atoms with Gasteiger partial charge in [0.1, 0.15) is 0 Å². The van der Waals surface area contributed by atoms with Crippen molar-refractivity contribution in [3.05, 3.63) is 106 Å². The normalized spacial score (nSPS) is 16.0. The summed E-state index contributed by atoms with van der Waals surface area (Å²) in [7, 11) is 0. The Balaban J connectivity index is 1.64. The molecule has 0 unspecified atom stereocenters. The van der Waals surface area contributed by atoms with Gasteiger partial charge < -0.3 is 0 Å². The monoisotopic (exact) mass is 374 g/mol. The van der Waals surface area contributed by atoms with E-state index in [9.17, 15) is 0 Å². The molecule has 118 valence electrons. The summed E-state index contributed by atoms with van der Waals surface area (Å²) in [6, 6.07) is 24.1. The van der Waals surface area contributed by atoms with E-state index < -0.39 is 0 Å². The van der Waals surface area contributed by atoms with E-state index in [0.717, 1.165) is 6.42 Å². The van der Waals surface area contributed by atoms with Gasteiger partial charge in [-0.15, -0.1) is 0 Å². The van der Waals surface area contributed by atoms with Crippen LogP contribution in [0.1, 0.15) is 43.8 Å². The summed E-state index contributed by atoms with van der Waals surface area (Å²) in [5.41, 5.74) is 9.42. The minimum Gasteiger partial charge on any atom is -0.0786 e. The fourth-order valence-corrected chi connectivity index (χ4v) is 4.21. The number of benzene rings is 3. The van der Waals surface area contributed by atoms with Gasteiger partial charge in [-0.2, -0.15) is 0 Å². The lowest BCUT2D eigenvalue weighted by atomic mass is 9.85. The Hall–Kier alpha value is -2.12. The van der Waals surface area contributed by atoms with Crippen LogP contribution >= 0.6 is 15.9 Å². The van der Waals surface area contributed by atoms with Gasteiger partial charge >= 0.3 is 0 Å². The number of rotatable bonds is 2. The molecule has 0 fully saturated rings. The van der Waals surface area contributed by atoms with Gasteiger partial charge in [0.05, 0.1) is 4.83 Å². The second kappa shape index (κ2) is 6.41. The topological polar surface area (TPSA) is 0 Å². The SMILES string of the molecule is Cc1ccc(/C=C\c2ccc3c(c2)Cc2ccccc2[C@H]3Br)cc1. The number of aryl methyl sites for hydroxylation is 1. The average Bonchev–Trinajstić information content (AvgIpc) is 2.61. The first-order chi connectivity index (χ1) is 11.7. The van der Waals surface area contributed by atoms with E-state index in [2.05, 4.69) is 102 Å². The largest absolute Gasteiger partial charge is 0.0786 e. The minimum absolute atomic E-state index is 0.299. The number of hydrogen-bond acceptors (Lipinski definition) is 0. The van der Waals surface area contributed by atoms with Crippen LogP contribution in [0.25, 0.3) is 12.2 Å². The predicted molar refractivity (Wildman–Crippen MR) is 107 cm³/mol. The molecule has 0 N–H and O–H groups in total. The fraction of sp³-hybridized carbons (Fsp3) is 0.130. The van der Waals surface area contributed by atoms with E-state index >= 15 is 0 Å². The third kappa shape index (κ3) is 2.97. The molecule has 1 heteroatoms. The minimum atomic E-state index is 0.299. The van der Waals surface area contributed by atoms with E-state index in [1.54, 1.807) is 0 Å². The lowest BCUT2D eigenvalue weighted by molar-refractivity contribution is 0.993. The Morgan fingerprint density at radius 3 is 2.29 bits per heavy atom. The quantitative estimate of drug-likeness (QED) is 0.352. The molecule has 3 aromatic rings. The molecular formula is C23H19Br. The van der Waals surface area contributed by atoms with Crippen LogP contribution in [0.3, 0.4) is 0 Å². The van der Waals surface area contributed by atoms with Crippen molar-refractivity contribution in [2.75, 3.05) is 0 Å². The van der Waals surface area contributed by atoms with Crippen LogP contribution in [-0.4, -0.2) is 0 Å². The Labute approximate surface area is 152 Å². The van der Waals surface area contributed by atoms with Gasteiger partial charge in [0, 0.05) is 0 Å². The Bertz CT molecular complexity index is 904. The van der Waals surface area contributed by atoms with E-state index in [1.165, 1.54) is 38.9 Å². The molecule has 0 radical (unpaired) electrons. The average molecular weight is 375 g/mol. The molecule has 0 nitrogen and oxygen atoms in total. The van der Waals surface area contributed by atoms with Crippen LogP contribution in [0, 0.1) is 6.92 Å². The third-order valence-electron chi connectivity index (χ3n) is 4.69. The second-order valence-electron chi connectivity index (χ2n) is 6.44. The van der Waals surface area contributed by atoms with Crippen LogP contribution in [0.15, 0.2) is 66.7 Å². The van der Waals surface area contributed by atoms with Crippen LogP contribution in [0.5, 0.6) is 0 Å². The van der Waals surface area contributed by atoms with Crippen molar-refractivity contribution in [1.82, 2.24) is 0 Å². The Morgan fingerprint density at radius 2 is 1.46 bits per heavy atom. The molecule has 4 rings (SSSR count). The van der Waals surface area contributed by atoms with Gasteiger partial charge in [0.15, 0.2) is 0 Å². The number of alkyl halides is 1. The first-order valence-corrected chi connectivity index (χ1v) is 9.22. The predicted octanol–water partition coefficient (Wildman–Crippen LogP) is 6.55. The molecule has 1 aliphatic carbocycles. The van der Waals surface area contributed by atoms with Crippen LogP contribution < -0.4 is 0 Å². The second-order valence-corrected chi connectivity index (χ2v) is 7.36. The highest BCUT2D eigenvalue weighted by molar-refractivity contribution is 9.09. The highest BCUT2D eigenvalue weighted by Crippen LogP contribution is 2.40. The highest BCUT2D eigenvalue weighted by atomic mass is 79.9. The van der Waals surface area contributed by atoms with E-state index in [0.29, 0.717) is 4.83 Å². The summed E-state index contributed by atoms with van der Waals surface area (Å²) in [5, 5.41) is 0. The van der Waals surface area contributed by atoms with Crippen molar-refractivity contribution in [3.8, 4) is 0 Å². The summed E-state index contributed by atoms with van der Waals surface area (Å²) < 4.78 is 0. The summed E-state index contributed by atoms with van der Waals surface area (Å²) in [4.78, 5) is 0.299. The van der Waals surface area contributed by atoms with Gasteiger partial charge in [-0.05, 0) is 46.7 Å². The Kier molecular flexibility index (Phi) is 4.12. The number of halogens is 1. The van der Waals surface area contributed by atoms with Gasteiger partial charge in [-0.25, -0.2) is 0 Å². The number of hydrogen-bond donors (Lipinski definition) is 0. The van der Waals surface area contributed by atoms with Crippen LogP contribution in [0.2, 0.25) is 0 Å². The molecule has 0 saturated carbocycles. The molecule has 1 atom stereocenters. The molecule has 0 heterocycles. The third-order valence-corrected chi connectivity index (χ3v) is 5.68. The summed E-state index contributed by atoms with van der Waals surface area (Å²) in [6.45, 7) is 2.12. The summed E-state index contributed by atoms with van der Waals surface area (Å²) >= 11 is 3.87. The van der Waals surface area contributed by atoms with Crippen LogP contribution in [0.4, 0.5) is 0 Å². The van der Waals surface area contributed by atoms with E-state index in [-0.39, 0.29) is 0 Å². The zero-order valence-electron chi connectivity index (χ0n) is 13.7. The van der Waals surface area contributed by atoms with Crippen molar-refractivity contribution >= 4 is 28.1 Å². The van der Waals surface area contributed by atoms with Crippen molar-refractivity contribution in [2.45, 2.75) is 18.2 Å². The molecule has 0 spiro atoms.